The highest BCUT2D eigenvalue weighted by atomic mass is 16.2. The van der Waals surface area contributed by atoms with Crippen LogP contribution in [-0.2, 0) is 4.79 Å². The molecule has 1 aromatic rings. The van der Waals surface area contributed by atoms with Gasteiger partial charge in [0.1, 0.15) is 0 Å². The van der Waals surface area contributed by atoms with Crippen molar-refractivity contribution in [3.05, 3.63) is 11.9 Å². The molecular weight excluding hydrogens is 368 g/mol. The number of aromatic nitrogens is 3. The lowest BCUT2D eigenvalue weighted by atomic mass is 9.86. The van der Waals surface area contributed by atoms with Crippen LogP contribution in [0.3, 0.4) is 0 Å². The van der Waals surface area contributed by atoms with Crippen molar-refractivity contribution in [3.8, 4) is 0 Å². The molecule has 1 aliphatic heterocycles. The highest BCUT2D eigenvalue weighted by Crippen LogP contribution is 2.28. The van der Waals surface area contributed by atoms with E-state index >= 15 is 0 Å². The topological polar surface area (TPSA) is 83.4 Å². The van der Waals surface area contributed by atoms with E-state index in [4.69, 9.17) is 0 Å². The minimum Gasteiger partial charge on any atom is -0.349 e. The molecule has 2 amide bonds. The lowest BCUT2D eigenvalue weighted by Gasteiger charge is -2.32. The highest BCUT2D eigenvalue weighted by molar-refractivity contribution is 5.91. The molecule has 8 heteroatoms. The molecule has 2 fully saturated rings. The molecule has 1 saturated carbocycles. The molecule has 162 valence electrons. The van der Waals surface area contributed by atoms with Crippen LogP contribution in [0.1, 0.15) is 74.3 Å². The van der Waals surface area contributed by atoms with Gasteiger partial charge in [0, 0.05) is 32.6 Å². The Kier molecular flexibility index (Phi) is 8.03. The van der Waals surface area contributed by atoms with E-state index < -0.39 is 0 Å². The van der Waals surface area contributed by atoms with Gasteiger partial charge in [0.2, 0.25) is 5.91 Å². The maximum Gasteiger partial charge on any atom is 0.273 e. The molecule has 1 N–H and O–H groups in total. The van der Waals surface area contributed by atoms with Crippen LogP contribution in [0.5, 0.6) is 0 Å². The highest BCUT2D eigenvalue weighted by Gasteiger charge is 2.26. The summed E-state index contributed by atoms with van der Waals surface area (Å²) < 4.78 is 1.80. The van der Waals surface area contributed by atoms with Crippen LogP contribution in [0.4, 0.5) is 0 Å². The van der Waals surface area contributed by atoms with Gasteiger partial charge in [0.05, 0.1) is 12.2 Å². The van der Waals surface area contributed by atoms with Gasteiger partial charge in [-0.3, -0.25) is 9.59 Å². The van der Waals surface area contributed by atoms with Gasteiger partial charge in [-0.25, -0.2) is 4.68 Å². The number of rotatable bonds is 8. The van der Waals surface area contributed by atoms with E-state index in [-0.39, 0.29) is 11.9 Å². The van der Waals surface area contributed by atoms with E-state index in [1.54, 1.807) is 10.9 Å². The second kappa shape index (κ2) is 10.7. The van der Waals surface area contributed by atoms with Gasteiger partial charge in [-0.15, -0.1) is 5.10 Å². The average Bonchev–Trinajstić information content (AvgIpc) is 3.23. The first kappa shape index (κ1) is 21.7. The van der Waals surface area contributed by atoms with Gasteiger partial charge in [-0.05, 0) is 39.3 Å². The maximum atomic E-state index is 12.6. The van der Waals surface area contributed by atoms with Crippen LogP contribution in [-0.4, -0.2) is 76.9 Å². The molecule has 8 nitrogen and oxygen atoms in total. The molecule has 0 spiro atoms. The summed E-state index contributed by atoms with van der Waals surface area (Å²) in [6.07, 6.45) is 11.8. The first-order valence-corrected chi connectivity index (χ1v) is 11.2. The normalized spacial score (nSPS) is 18.9. The Morgan fingerprint density at radius 1 is 1.14 bits per heavy atom. The number of amides is 2. The van der Waals surface area contributed by atoms with Gasteiger partial charge in [-0.2, -0.15) is 0 Å². The van der Waals surface area contributed by atoms with Crippen LogP contribution in [0, 0.1) is 5.92 Å². The van der Waals surface area contributed by atoms with E-state index in [0.717, 1.165) is 44.8 Å². The SMILES string of the molecule is CN(C)CCNC(=O)c1cn(C2CCN(C(=O)CCC3CCCCC3)CC2)nn1. The Morgan fingerprint density at radius 2 is 1.86 bits per heavy atom. The smallest absolute Gasteiger partial charge is 0.273 e. The predicted molar refractivity (Wildman–Crippen MR) is 112 cm³/mol. The Hall–Kier alpha value is -1.96. The van der Waals surface area contributed by atoms with Crippen molar-refractivity contribution in [2.75, 3.05) is 40.3 Å². The van der Waals surface area contributed by atoms with E-state index in [1.165, 1.54) is 32.1 Å². The molecule has 0 bridgehead atoms. The Bertz CT molecular complexity index is 660. The summed E-state index contributed by atoms with van der Waals surface area (Å²) in [7, 11) is 3.94. The summed E-state index contributed by atoms with van der Waals surface area (Å²) in [5, 5.41) is 11.1. The minimum absolute atomic E-state index is 0.187. The van der Waals surface area contributed by atoms with Gasteiger partial charge >= 0.3 is 0 Å². The largest absolute Gasteiger partial charge is 0.349 e. The number of nitrogens with zero attached hydrogens (tertiary/aromatic N) is 5. The number of nitrogens with one attached hydrogen (secondary N) is 1. The fourth-order valence-electron chi connectivity index (χ4n) is 4.38. The molecule has 0 aromatic carbocycles. The molecular formula is C21H36N6O2. The van der Waals surface area contributed by atoms with Gasteiger partial charge in [0.25, 0.3) is 5.91 Å². The molecule has 1 aliphatic carbocycles. The minimum atomic E-state index is -0.187. The molecule has 3 rings (SSSR count). The Balaban J connectivity index is 1.40. The summed E-state index contributed by atoms with van der Waals surface area (Å²) in [6.45, 7) is 2.89. The lowest BCUT2D eigenvalue weighted by molar-refractivity contribution is -0.132. The summed E-state index contributed by atoms with van der Waals surface area (Å²) in [5.41, 5.74) is 0.356. The Labute approximate surface area is 174 Å². The number of carbonyl (C=O) groups is 2. The standard InChI is InChI=1S/C21H36N6O2/c1-25(2)15-12-22-21(29)19-16-27(24-23-19)18-10-13-26(14-11-18)20(28)9-8-17-6-4-3-5-7-17/h16-18H,3-15H2,1-2H3,(H,22,29). The quantitative estimate of drug-likeness (QED) is 0.717. The van der Waals surface area contributed by atoms with Crippen LogP contribution >= 0.6 is 0 Å². The monoisotopic (exact) mass is 404 g/mol. The summed E-state index contributed by atoms with van der Waals surface area (Å²) >= 11 is 0. The fourth-order valence-corrected chi connectivity index (χ4v) is 4.38. The van der Waals surface area contributed by atoms with E-state index in [2.05, 4.69) is 15.6 Å². The Morgan fingerprint density at radius 3 is 2.55 bits per heavy atom. The molecule has 1 aromatic heterocycles. The number of likely N-dealkylation sites (tertiary alicyclic amines) is 1. The van der Waals surface area contributed by atoms with Crippen molar-refractivity contribution in [2.24, 2.45) is 5.92 Å². The average molecular weight is 405 g/mol. The molecule has 1 saturated heterocycles. The van der Waals surface area contributed by atoms with E-state index in [9.17, 15) is 9.59 Å². The molecule has 0 atom stereocenters. The number of likely N-dealkylation sites (N-methyl/N-ethyl adjacent to an activating group) is 1. The van der Waals surface area contributed by atoms with Gasteiger partial charge in [0.15, 0.2) is 5.69 Å². The molecule has 0 unspecified atom stereocenters. The van der Waals surface area contributed by atoms with Crippen molar-refractivity contribution in [2.45, 2.75) is 63.8 Å². The van der Waals surface area contributed by atoms with Crippen molar-refractivity contribution >= 4 is 11.8 Å². The number of piperidine rings is 1. The molecule has 29 heavy (non-hydrogen) atoms. The van der Waals surface area contributed by atoms with E-state index in [1.807, 2.05) is 23.9 Å². The maximum absolute atomic E-state index is 12.6. The second-order valence-corrected chi connectivity index (χ2v) is 8.80. The van der Waals surface area contributed by atoms with Crippen LogP contribution in [0.25, 0.3) is 0 Å². The second-order valence-electron chi connectivity index (χ2n) is 8.80. The third kappa shape index (κ3) is 6.52. The summed E-state index contributed by atoms with van der Waals surface area (Å²) in [5.74, 6) is 0.865. The van der Waals surface area contributed by atoms with Crippen molar-refractivity contribution in [1.82, 2.24) is 30.1 Å². The van der Waals surface area contributed by atoms with Crippen LogP contribution in [0.15, 0.2) is 6.20 Å². The molecule has 0 radical (unpaired) electrons. The number of carbonyl (C=O) groups excluding carboxylic acids is 2. The first-order chi connectivity index (χ1) is 14.0. The number of hydrogen-bond acceptors (Lipinski definition) is 5. The van der Waals surface area contributed by atoms with Crippen molar-refractivity contribution < 1.29 is 9.59 Å². The van der Waals surface area contributed by atoms with Crippen LogP contribution in [0.2, 0.25) is 0 Å². The lowest BCUT2D eigenvalue weighted by Crippen LogP contribution is -2.39. The van der Waals surface area contributed by atoms with Crippen molar-refractivity contribution in [3.63, 3.8) is 0 Å². The zero-order valence-corrected chi connectivity index (χ0v) is 18.0. The van der Waals surface area contributed by atoms with Gasteiger partial charge < -0.3 is 15.1 Å². The molecule has 2 aliphatic rings. The third-order valence-electron chi connectivity index (χ3n) is 6.27. The summed E-state index contributed by atoms with van der Waals surface area (Å²) in [4.78, 5) is 28.7. The number of hydrogen-bond donors (Lipinski definition) is 1. The molecule has 2 heterocycles. The first-order valence-electron chi connectivity index (χ1n) is 11.2. The third-order valence-corrected chi connectivity index (χ3v) is 6.27. The zero-order chi connectivity index (χ0) is 20.6. The zero-order valence-electron chi connectivity index (χ0n) is 18.0. The van der Waals surface area contributed by atoms with Crippen molar-refractivity contribution in [1.29, 1.82) is 0 Å². The predicted octanol–water partition coefficient (Wildman–Crippen LogP) is 2.09. The summed E-state index contributed by atoms with van der Waals surface area (Å²) in [6, 6.07) is 0.202. The fraction of sp³-hybridized carbons (Fsp3) is 0.810. The van der Waals surface area contributed by atoms with Gasteiger partial charge in [-0.1, -0.05) is 37.3 Å². The van der Waals surface area contributed by atoms with E-state index in [0.29, 0.717) is 24.6 Å². The van der Waals surface area contributed by atoms with Crippen LogP contribution < -0.4 is 5.32 Å².